The Morgan fingerprint density at radius 3 is 2.63 bits per heavy atom. The topological polar surface area (TPSA) is 83.5 Å². The molecule has 2 heterocycles. The number of piperidine rings is 1. The van der Waals surface area contributed by atoms with Crippen molar-refractivity contribution < 1.29 is 13.9 Å². The molecule has 4 rings (SSSR count). The minimum absolute atomic E-state index is 0.0343. The van der Waals surface area contributed by atoms with Crippen LogP contribution in [0.15, 0.2) is 57.7 Å². The van der Waals surface area contributed by atoms with E-state index >= 15 is 0 Å². The highest BCUT2D eigenvalue weighted by atomic mass is 16.5. The van der Waals surface area contributed by atoms with E-state index in [1.807, 2.05) is 11.0 Å². The molecule has 2 aromatic carbocycles. The molecule has 1 saturated heterocycles. The van der Waals surface area contributed by atoms with E-state index in [0.717, 1.165) is 32.4 Å². The quantitative estimate of drug-likeness (QED) is 0.613. The molecule has 152 valence electrons. The third-order valence-electron chi connectivity index (χ3n) is 5.38. The molecule has 0 radical (unpaired) electrons. The van der Waals surface area contributed by atoms with Crippen LogP contribution in [-0.2, 0) is 4.79 Å². The smallest absolute Gasteiger partial charge is 0.336 e. The molecule has 1 aliphatic heterocycles. The van der Waals surface area contributed by atoms with Crippen LogP contribution in [0.1, 0.15) is 31.7 Å². The summed E-state index contributed by atoms with van der Waals surface area (Å²) in [5.74, 6) is 0.419. The zero-order valence-corrected chi connectivity index (χ0v) is 16.8. The van der Waals surface area contributed by atoms with Gasteiger partial charge < -0.3 is 14.1 Å². The van der Waals surface area contributed by atoms with Gasteiger partial charge in [0.2, 0.25) is 0 Å². The Hall–Kier alpha value is -3.59. The van der Waals surface area contributed by atoms with Gasteiger partial charge in [-0.2, -0.15) is 5.26 Å². The van der Waals surface area contributed by atoms with Crippen LogP contribution in [0.5, 0.6) is 5.75 Å². The number of rotatable bonds is 4. The predicted molar refractivity (Wildman–Crippen MR) is 113 cm³/mol. The number of hydrogen-bond donors (Lipinski definition) is 0. The monoisotopic (exact) mass is 402 g/mol. The lowest BCUT2D eigenvalue weighted by atomic mass is 9.98. The lowest BCUT2D eigenvalue weighted by Crippen LogP contribution is -2.43. The zero-order chi connectivity index (χ0) is 21.1. The average molecular weight is 402 g/mol. The molecular formula is C24H22N2O4. The molecule has 6 heteroatoms. The molecule has 1 aromatic heterocycles. The zero-order valence-electron chi connectivity index (χ0n) is 16.8. The Labute approximate surface area is 174 Å². The molecule has 1 atom stereocenters. The summed E-state index contributed by atoms with van der Waals surface area (Å²) in [7, 11) is 0. The van der Waals surface area contributed by atoms with E-state index in [9.17, 15) is 14.9 Å². The number of fused-ring (bicyclic) bond motifs is 1. The first-order chi connectivity index (χ1) is 14.6. The lowest BCUT2D eigenvalue weighted by molar-refractivity contribution is -0.138. The largest absolute Gasteiger partial charge is 0.481 e. The maximum Gasteiger partial charge on any atom is 0.336 e. The standard InChI is InChI=1S/C24H22N2O4/c1-16(24(28)26-11-5-2-6-12-26)29-18-9-10-20-21(14-23(27)30-22(20)13-18)19-8-4-3-7-17(19)15-25/h3-4,7-10,13-14,16H,2,5-6,11-12H2,1H3/t16-/m1/s1. The van der Waals surface area contributed by atoms with Gasteiger partial charge in [-0.3, -0.25) is 4.79 Å². The van der Waals surface area contributed by atoms with E-state index in [2.05, 4.69) is 6.07 Å². The number of carbonyl (C=O) groups is 1. The Balaban J connectivity index is 1.66. The van der Waals surface area contributed by atoms with Crippen molar-refractivity contribution in [1.29, 1.82) is 5.26 Å². The van der Waals surface area contributed by atoms with Crippen molar-refractivity contribution in [3.63, 3.8) is 0 Å². The SMILES string of the molecule is C[C@@H](Oc1ccc2c(-c3ccccc3C#N)cc(=O)oc2c1)C(=O)N1CCCCC1. The average Bonchev–Trinajstić information content (AvgIpc) is 2.78. The minimum Gasteiger partial charge on any atom is -0.481 e. The Bertz CT molecular complexity index is 1190. The van der Waals surface area contributed by atoms with Crippen LogP contribution >= 0.6 is 0 Å². The van der Waals surface area contributed by atoms with Crippen molar-refractivity contribution in [2.75, 3.05) is 13.1 Å². The van der Waals surface area contributed by atoms with Gasteiger partial charge in [0.1, 0.15) is 11.3 Å². The van der Waals surface area contributed by atoms with E-state index < -0.39 is 11.7 Å². The van der Waals surface area contributed by atoms with E-state index in [1.54, 1.807) is 43.3 Å². The molecule has 1 amide bonds. The number of hydrogen-bond acceptors (Lipinski definition) is 5. The fraction of sp³-hybridized carbons (Fsp3) is 0.292. The summed E-state index contributed by atoms with van der Waals surface area (Å²) >= 11 is 0. The summed E-state index contributed by atoms with van der Waals surface area (Å²) in [6.45, 7) is 3.26. The molecule has 30 heavy (non-hydrogen) atoms. The number of likely N-dealkylation sites (tertiary alicyclic amines) is 1. The Morgan fingerprint density at radius 1 is 1.10 bits per heavy atom. The van der Waals surface area contributed by atoms with Crippen molar-refractivity contribution in [2.45, 2.75) is 32.3 Å². The molecule has 6 nitrogen and oxygen atoms in total. The summed E-state index contributed by atoms with van der Waals surface area (Å²) in [6.07, 6.45) is 2.56. The molecule has 3 aromatic rings. The number of amides is 1. The van der Waals surface area contributed by atoms with E-state index in [0.29, 0.717) is 33.4 Å². The summed E-state index contributed by atoms with van der Waals surface area (Å²) < 4.78 is 11.2. The van der Waals surface area contributed by atoms with Crippen molar-refractivity contribution >= 4 is 16.9 Å². The number of nitrogens with zero attached hydrogens (tertiary/aromatic N) is 2. The van der Waals surface area contributed by atoms with Crippen LogP contribution in [0.25, 0.3) is 22.1 Å². The maximum absolute atomic E-state index is 12.6. The third kappa shape index (κ3) is 3.92. The van der Waals surface area contributed by atoms with Gasteiger partial charge in [-0.1, -0.05) is 18.2 Å². The summed E-state index contributed by atoms with van der Waals surface area (Å²) in [5, 5.41) is 10.1. The number of nitriles is 1. The highest BCUT2D eigenvalue weighted by Crippen LogP contribution is 2.31. The van der Waals surface area contributed by atoms with Gasteiger partial charge in [-0.15, -0.1) is 0 Å². The molecule has 0 saturated carbocycles. The molecule has 0 spiro atoms. The molecule has 0 aliphatic carbocycles. The fourth-order valence-corrected chi connectivity index (χ4v) is 3.88. The van der Waals surface area contributed by atoms with Crippen molar-refractivity contribution in [1.82, 2.24) is 4.90 Å². The maximum atomic E-state index is 12.6. The van der Waals surface area contributed by atoms with Crippen molar-refractivity contribution in [3.8, 4) is 22.9 Å². The number of benzene rings is 2. The number of carbonyl (C=O) groups excluding carboxylic acids is 1. The predicted octanol–water partition coefficient (Wildman–Crippen LogP) is 4.11. The molecule has 0 N–H and O–H groups in total. The first-order valence-electron chi connectivity index (χ1n) is 10.1. The second kappa shape index (κ2) is 8.42. The lowest BCUT2D eigenvalue weighted by Gasteiger charge is -2.29. The van der Waals surface area contributed by atoms with Gasteiger partial charge >= 0.3 is 5.63 Å². The van der Waals surface area contributed by atoms with Gasteiger partial charge in [0.15, 0.2) is 6.10 Å². The van der Waals surface area contributed by atoms with E-state index in [1.165, 1.54) is 6.07 Å². The first kappa shape index (κ1) is 19.7. The van der Waals surface area contributed by atoms with Gasteiger partial charge in [0, 0.05) is 41.7 Å². The molecule has 0 unspecified atom stereocenters. The first-order valence-corrected chi connectivity index (χ1v) is 10.1. The van der Waals surface area contributed by atoms with Crippen LogP contribution in [0, 0.1) is 11.3 Å². The van der Waals surface area contributed by atoms with Gasteiger partial charge in [0.05, 0.1) is 11.6 Å². The van der Waals surface area contributed by atoms with E-state index in [4.69, 9.17) is 9.15 Å². The van der Waals surface area contributed by atoms with Gasteiger partial charge in [0.25, 0.3) is 5.91 Å². The highest BCUT2D eigenvalue weighted by molar-refractivity contribution is 5.95. The van der Waals surface area contributed by atoms with Crippen LogP contribution in [0.2, 0.25) is 0 Å². The van der Waals surface area contributed by atoms with Crippen molar-refractivity contribution in [3.05, 3.63) is 64.5 Å². The Kier molecular flexibility index (Phi) is 5.53. The van der Waals surface area contributed by atoms with Gasteiger partial charge in [-0.05, 0) is 44.4 Å². The second-order valence-corrected chi connectivity index (χ2v) is 7.44. The van der Waals surface area contributed by atoms with Crippen LogP contribution in [0.3, 0.4) is 0 Å². The molecule has 0 bridgehead atoms. The summed E-state index contributed by atoms with van der Waals surface area (Å²) in [5.41, 5.74) is 1.60. The Morgan fingerprint density at radius 2 is 1.87 bits per heavy atom. The van der Waals surface area contributed by atoms with E-state index in [-0.39, 0.29) is 5.91 Å². The highest BCUT2D eigenvalue weighted by Gasteiger charge is 2.23. The normalized spacial score (nSPS) is 14.9. The molecule has 1 aliphatic rings. The summed E-state index contributed by atoms with van der Waals surface area (Å²) in [4.78, 5) is 26.6. The molecular weight excluding hydrogens is 380 g/mol. The van der Waals surface area contributed by atoms with Gasteiger partial charge in [-0.25, -0.2) is 4.79 Å². The summed E-state index contributed by atoms with van der Waals surface area (Å²) in [6, 6.07) is 15.8. The van der Waals surface area contributed by atoms with Crippen molar-refractivity contribution in [2.24, 2.45) is 0 Å². The van der Waals surface area contributed by atoms with Crippen LogP contribution < -0.4 is 10.4 Å². The third-order valence-corrected chi connectivity index (χ3v) is 5.38. The minimum atomic E-state index is -0.630. The fourth-order valence-electron chi connectivity index (χ4n) is 3.88. The van der Waals surface area contributed by atoms with Crippen LogP contribution in [-0.4, -0.2) is 30.0 Å². The van der Waals surface area contributed by atoms with Crippen LogP contribution in [0.4, 0.5) is 0 Å². The molecule has 1 fully saturated rings. The second-order valence-electron chi connectivity index (χ2n) is 7.44. The number of ether oxygens (including phenoxy) is 1.